The lowest BCUT2D eigenvalue weighted by atomic mass is 10.1. The van der Waals surface area contributed by atoms with E-state index in [0.29, 0.717) is 11.3 Å². The third-order valence-corrected chi connectivity index (χ3v) is 9.61. The molecule has 1 amide bonds. The zero-order valence-electron chi connectivity index (χ0n) is 23.0. The van der Waals surface area contributed by atoms with Crippen molar-refractivity contribution in [2.24, 2.45) is 0 Å². The van der Waals surface area contributed by atoms with E-state index < -0.39 is 19.9 Å². The molecule has 1 aliphatic heterocycles. The van der Waals surface area contributed by atoms with E-state index in [-0.39, 0.29) is 34.1 Å². The lowest BCUT2D eigenvalue weighted by Gasteiger charge is -2.32. The lowest BCUT2D eigenvalue weighted by Crippen LogP contribution is -2.45. The molecule has 41 heavy (non-hydrogen) atoms. The number of anilines is 1. The van der Waals surface area contributed by atoms with Crippen molar-refractivity contribution in [3.63, 3.8) is 0 Å². The van der Waals surface area contributed by atoms with Crippen molar-refractivity contribution in [1.29, 1.82) is 0 Å². The Bertz CT molecular complexity index is 1540. The molecule has 1 aromatic heterocycles. The van der Waals surface area contributed by atoms with Gasteiger partial charge in [0.2, 0.25) is 10.0 Å². The van der Waals surface area contributed by atoms with Crippen LogP contribution >= 0.6 is 12.4 Å². The molecule has 0 bridgehead atoms. The van der Waals surface area contributed by atoms with Crippen LogP contribution in [0.15, 0.2) is 88.9 Å². The average Bonchev–Trinajstić information content (AvgIpc) is 2.95. The summed E-state index contributed by atoms with van der Waals surface area (Å²) < 4.78 is 52.0. The number of benzene rings is 2. The first-order valence-electron chi connectivity index (χ1n) is 13.0. The number of aromatic nitrogens is 1. The monoisotopic (exact) mass is 618 g/mol. The molecule has 0 aliphatic carbocycles. The number of sulfonamides is 1. The fourth-order valence-electron chi connectivity index (χ4n) is 4.48. The van der Waals surface area contributed by atoms with E-state index in [0.717, 1.165) is 45.2 Å². The third-order valence-electron chi connectivity index (χ3n) is 6.94. The summed E-state index contributed by atoms with van der Waals surface area (Å²) in [5.41, 5.74) is 2.42. The largest absolute Gasteiger partial charge is 0.312 e. The number of nitrogens with one attached hydrogen (secondary N) is 1. The summed E-state index contributed by atoms with van der Waals surface area (Å²) in [5.74, 6) is -0.309. The normalized spacial score (nSPS) is 15.0. The first-order chi connectivity index (χ1) is 19.0. The van der Waals surface area contributed by atoms with Crippen molar-refractivity contribution < 1.29 is 21.6 Å². The number of rotatable bonds is 10. The number of likely N-dealkylation sites (N-methyl/N-ethyl adjacent to an activating group) is 1. The maximum Gasteiger partial charge on any atom is 0.250 e. The third kappa shape index (κ3) is 9.20. The van der Waals surface area contributed by atoms with Crippen LogP contribution in [0.1, 0.15) is 24.0 Å². The number of piperidine rings is 1. The number of pyridine rings is 1. The molecule has 2 heterocycles. The Morgan fingerprint density at radius 1 is 1.00 bits per heavy atom. The highest BCUT2D eigenvalue weighted by molar-refractivity contribution is 7.90. The summed E-state index contributed by atoms with van der Waals surface area (Å²) in [7, 11) is -5.38. The van der Waals surface area contributed by atoms with Crippen LogP contribution in [0.3, 0.4) is 0 Å². The quantitative estimate of drug-likeness (QED) is 0.345. The maximum atomic E-state index is 13.0. The van der Waals surface area contributed by atoms with Gasteiger partial charge in [-0.3, -0.25) is 9.78 Å². The van der Waals surface area contributed by atoms with Gasteiger partial charge in [-0.25, -0.2) is 21.6 Å². The molecule has 0 radical (unpaired) electrons. The van der Waals surface area contributed by atoms with Crippen LogP contribution < -0.4 is 9.62 Å². The number of nitrogens with zero attached hydrogens (tertiary/aromatic N) is 3. The Morgan fingerprint density at radius 3 is 2.22 bits per heavy atom. The number of amides is 1. The molecular formula is C29H35ClN4O5S2. The summed E-state index contributed by atoms with van der Waals surface area (Å²) in [6.45, 7) is 2.58. The molecule has 9 nitrogen and oxygen atoms in total. The van der Waals surface area contributed by atoms with Gasteiger partial charge in [0.1, 0.15) is 0 Å². The first kappa shape index (κ1) is 32.4. The molecular weight excluding hydrogens is 584 g/mol. The van der Waals surface area contributed by atoms with Gasteiger partial charge in [-0.05, 0) is 92.0 Å². The number of hydrogen-bond acceptors (Lipinski definition) is 7. The van der Waals surface area contributed by atoms with Crippen LogP contribution in [0, 0.1) is 0 Å². The second-order valence-corrected chi connectivity index (χ2v) is 13.6. The topological polar surface area (TPSA) is 117 Å². The first-order valence-corrected chi connectivity index (χ1v) is 16.4. The molecule has 4 rings (SSSR count). The number of halogens is 1. The van der Waals surface area contributed by atoms with Crippen molar-refractivity contribution in [1.82, 2.24) is 14.6 Å². The van der Waals surface area contributed by atoms with Crippen LogP contribution in [0.4, 0.5) is 5.69 Å². The molecule has 1 N–H and O–H groups in total. The Hall–Kier alpha value is -3.09. The number of carbonyl (C=O) groups excluding carboxylic acids is 1. The van der Waals surface area contributed by atoms with E-state index >= 15 is 0 Å². The molecule has 0 unspecified atom stereocenters. The minimum absolute atomic E-state index is 0. The van der Waals surface area contributed by atoms with Crippen molar-refractivity contribution >= 4 is 49.9 Å². The summed E-state index contributed by atoms with van der Waals surface area (Å²) in [6.07, 6.45) is 10.2. The highest BCUT2D eigenvalue weighted by atomic mass is 35.5. The highest BCUT2D eigenvalue weighted by Gasteiger charge is 2.25. The van der Waals surface area contributed by atoms with Crippen LogP contribution in [-0.2, 0) is 31.1 Å². The van der Waals surface area contributed by atoms with Gasteiger partial charge >= 0.3 is 0 Å². The highest BCUT2D eigenvalue weighted by Crippen LogP contribution is 2.20. The summed E-state index contributed by atoms with van der Waals surface area (Å²) in [5, 5.41) is 0. The predicted octanol–water partition coefficient (Wildman–Crippen LogP) is 3.57. The standard InChI is InChI=1S/C29H34N4O5S2.ClH/c1-32(29(34)14-7-23-5-10-27(11-6-23)39(2,35)36)26-8-12-28(13-9-26)40(37,38)31-25-16-20-33(21-17-25)19-15-24-4-3-18-30-22-24;/h3-14,18,22,25,31H,15-17,19-21H2,1-2H3;1H/b14-7+;. The van der Waals surface area contributed by atoms with E-state index in [9.17, 15) is 21.6 Å². The maximum absolute atomic E-state index is 13.0. The number of hydrogen-bond donors (Lipinski definition) is 1. The van der Waals surface area contributed by atoms with Gasteiger partial charge in [-0.15, -0.1) is 12.4 Å². The van der Waals surface area contributed by atoms with Crippen molar-refractivity contribution in [2.75, 3.05) is 37.8 Å². The van der Waals surface area contributed by atoms with Crippen molar-refractivity contribution in [3.8, 4) is 0 Å². The smallest absolute Gasteiger partial charge is 0.250 e. The van der Waals surface area contributed by atoms with E-state index in [1.807, 2.05) is 12.3 Å². The molecule has 220 valence electrons. The molecule has 0 saturated carbocycles. The summed E-state index contributed by atoms with van der Waals surface area (Å²) >= 11 is 0. The molecule has 1 fully saturated rings. The molecule has 0 spiro atoms. The zero-order valence-corrected chi connectivity index (χ0v) is 25.5. The average molecular weight is 619 g/mol. The van der Waals surface area contributed by atoms with Gasteiger partial charge in [0.05, 0.1) is 9.79 Å². The van der Waals surface area contributed by atoms with Crippen LogP contribution in [-0.4, -0.2) is 71.6 Å². The fraction of sp³-hybridized carbons (Fsp3) is 0.310. The number of likely N-dealkylation sites (tertiary alicyclic amines) is 1. The van der Waals surface area contributed by atoms with Gasteiger partial charge in [0.25, 0.3) is 5.91 Å². The predicted molar refractivity (Wildman–Crippen MR) is 163 cm³/mol. The lowest BCUT2D eigenvalue weighted by molar-refractivity contribution is -0.113. The Labute approximate surface area is 248 Å². The molecule has 12 heteroatoms. The van der Waals surface area contributed by atoms with Gasteiger partial charge in [-0.2, -0.15) is 0 Å². The van der Waals surface area contributed by atoms with E-state index in [4.69, 9.17) is 0 Å². The second kappa shape index (κ2) is 14.2. The molecule has 2 aromatic carbocycles. The van der Waals surface area contributed by atoms with Crippen LogP contribution in [0.25, 0.3) is 6.08 Å². The van der Waals surface area contributed by atoms with Gasteiger partial charge in [0, 0.05) is 50.0 Å². The fourth-order valence-corrected chi connectivity index (χ4v) is 6.41. The second-order valence-electron chi connectivity index (χ2n) is 9.91. The minimum Gasteiger partial charge on any atom is -0.312 e. The molecule has 0 atom stereocenters. The van der Waals surface area contributed by atoms with Crippen molar-refractivity contribution in [3.05, 3.63) is 90.3 Å². The van der Waals surface area contributed by atoms with Crippen molar-refractivity contribution in [2.45, 2.75) is 35.1 Å². The summed E-state index contributed by atoms with van der Waals surface area (Å²) in [6, 6.07) is 16.3. The van der Waals surface area contributed by atoms with Crippen LogP contribution in [0.2, 0.25) is 0 Å². The molecule has 1 aliphatic rings. The molecule has 3 aromatic rings. The molecule has 1 saturated heterocycles. The SMILES string of the molecule is CN(C(=O)/C=C/c1ccc(S(C)(=O)=O)cc1)c1ccc(S(=O)(=O)NC2CCN(CCc3cccnc3)CC2)cc1.Cl. The Kier molecular flexibility index (Phi) is 11.2. The Morgan fingerprint density at radius 2 is 1.63 bits per heavy atom. The number of carbonyl (C=O) groups is 1. The van der Waals surface area contributed by atoms with Gasteiger partial charge in [-0.1, -0.05) is 18.2 Å². The van der Waals surface area contributed by atoms with Gasteiger partial charge in [0.15, 0.2) is 9.84 Å². The van der Waals surface area contributed by atoms with Crippen LogP contribution in [0.5, 0.6) is 0 Å². The summed E-state index contributed by atoms with van der Waals surface area (Å²) in [4.78, 5) is 20.9. The van der Waals surface area contributed by atoms with Gasteiger partial charge < -0.3 is 9.80 Å². The zero-order chi connectivity index (χ0) is 28.8. The number of sulfone groups is 1. The van der Waals surface area contributed by atoms with E-state index in [1.54, 1.807) is 43.6 Å². The van der Waals surface area contributed by atoms with E-state index in [1.165, 1.54) is 40.8 Å². The minimum atomic E-state index is -3.69. The Balaban J connectivity index is 0.00000462. The van der Waals surface area contributed by atoms with E-state index in [2.05, 4.69) is 20.7 Å².